The number of hydrogen-bond donors (Lipinski definition) is 0. The van der Waals surface area contributed by atoms with Gasteiger partial charge in [0.05, 0.1) is 28.5 Å². The largest absolute Gasteiger partial charge is 0.456 e. The van der Waals surface area contributed by atoms with Gasteiger partial charge in [0.2, 0.25) is 0 Å². The van der Waals surface area contributed by atoms with Crippen molar-refractivity contribution in [2.24, 2.45) is 0 Å². The lowest BCUT2D eigenvalue weighted by atomic mass is 9.71. The fraction of sp³-hybridized carbons (Fsp3) is 0.0208. The maximum absolute atomic E-state index is 6.32. The fourth-order valence-corrected chi connectivity index (χ4v) is 9.94. The number of aromatic nitrogens is 5. The zero-order valence-electron chi connectivity index (χ0n) is 28.7. The molecule has 0 radical (unpaired) electrons. The summed E-state index contributed by atoms with van der Waals surface area (Å²) in [6, 6.07) is 52.2. The van der Waals surface area contributed by atoms with Crippen molar-refractivity contribution in [1.29, 1.82) is 0 Å². The monoisotopic (exact) mass is 689 g/mol. The highest BCUT2D eigenvalue weighted by molar-refractivity contribution is 6.13. The van der Waals surface area contributed by atoms with Gasteiger partial charge in [-0.1, -0.05) is 127 Å². The van der Waals surface area contributed by atoms with Crippen molar-refractivity contribution in [3.8, 4) is 44.8 Å². The van der Waals surface area contributed by atoms with Crippen LogP contribution in [0.15, 0.2) is 169 Å². The summed E-state index contributed by atoms with van der Waals surface area (Å²) >= 11 is 0. The van der Waals surface area contributed by atoms with Crippen molar-refractivity contribution >= 4 is 44.4 Å². The fourth-order valence-electron chi connectivity index (χ4n) is 9.94. The first kappa shape index (κ1) is 28.3. The maximum Gasteiger partial charge on any atom is 0.183 e. The molecule has 0 fully saturated rings. The molecule has 6 aromatic carbocycles. The van der Waals surface area contributed by atoms with E-state index in [1.165, 1.54) is 38.9 Å². The van der Waals surface area contributed by atoms with Gasteiger partial charge in [-0.25, -0.2) is 15.0 Å². The molecule has 6 nitrogen and oxygen atoms in total. The lowest BCUT2D eigenvalue weighted by molar-refractivity contribution is 0.669. The molecule has 0 saturated carbocycles. The molecule has 0 aliphatic heterocycles. The van der Waals surface area contributed by atoms with Crippen LogP contribution in [-0.4, -0.2) is 23.8 Å². The lowest BCUT2D eigenvalue weighted by Crippen LogP contribution is -2.25. The SMILES string of the molecule is c1ccc(-c2cnc3c4cc5c(n4c4nccnc4n23)-c2ccccc2C52c3ccccc3-c3ccccc32)c(-c2cccc3oc4ccccc4c23)c1. The van der Waals surface area contributed by atoms with Gasteiger partial charge in [-0.3, -0.25) is 8.80 Å². The first-order valence-corrected chi connectivity index (χ1v) is 18.3. The van der Waals surface area contributed by atoms with E-state index in [0.717, 1.165) is 72.5 Å². The summed E-state index contributed by atoms with van der Waals surface area (Å²) in [7, 11) is 0. The molecule has 54 heavy (non-hydrogen) atoms. The molecule has 2 aliphatic carbocycles. The molecule has 250 valence electrons. The van der Waals surface area contributed by atoms with Gasteiger partial charge >= 0.3 is 0 Å². The highest BCUT2D eigenvalue weighted by Crippen LogP contribution is 2.63. The number of furan rings is 1. The summed E-state index contributed by atoms with van der Waals surface area (Å²) in [6.45, 7) is 0. The summed E-state index contributed by atoms with van der Waals surface area (Å²) in [4.78, 5) is 15.4. The normalized spacial score (nSPS) is 13.7. The lowest BCUT2D eigenvalue weighted by Gasteiger charge is -2.29. The summed E-state index contributed by atoms with van der Waals surface area (Å²) in [5, 5.41) is 2.20. The number of para-hydroxylation sites is 1. The average molecular weight is 690 g/mol. The summed E-state index contributed by atoms with van der Waals surface area (Å²) in [5.74, 6) is 0. The summed E-state index contributed by atoms with van der Waals surface area (Å²) in [5.41, 5.74) is 18.9. The first-order valence-electron chi connectivity index (χ1n) is 18.3. The van der Waals surface area contributed by atoms with Crippen molar-refractivity contribution < 1.29 is 4.42 Å². The van der Waals surface area contributed by atoms with Crippen LogP contribution < -0.4 is 0 Å². The van der Waals surface area contributed by atoms with E-state index in [4.69, 9.17) is 19.4 Å². The zero-order valence-corrected chi connectivity index (χ0v) is 28.7. The van der Waals surface area contributed by atoms with Crippen molar-refractivity contribution in [3.05, 3.63) is 186 Å². The van der Waals surface area contributed by atoms with Crippen molar-refractivity contribution in [1.82, 2.24) is 23.8 Å². The molecule has 13 rings (SSSR count). The standard InChI is InChI=1S/C48H27N5O/c1-2-15-31(28(12-1)32-18-11-23-42-43(32)34-17-6-10-22-41(34)54-42)40-27-51-45-39-26-38-44(52(39)46-47(53(40)45)50-25-24-49-46)33-16-5-9-21-37(33)48(38)35-19-7-3-13-29(35)30-14-4-8-20-36(30)48/h1-27H. The Kier molecular flexibility index (Phi) is 5.22. The van der Waals surface area contributed by atoms with Crippen molar-refractivity contribution in [2.45, 2.75) is 5.41 Å². The zero-order chi connectivity index (χ0) is 35.1. The average Bonchev–Trinajstić information content (AvgIpc) is 4.04. The van der Waals surface area contributed by atoms with Gasteiger partial charge in [0, 0.05) is 34.3 Å². The quantitative estimate of drug-likeness (QED) is 0.181. The Labute approximate surface area is 308 Å². The Bertz CT molecular complexity index is 3370. The van der Waals surface area contributed by atoms with E-state index in [1.807, 2.05) is 24.4 Å². The second-order valence-corrected chi connectivity index (χ2v) is 14.3. The van der Waals surface area contributed by atoms with Gasteiger partial charge in [0.1, 0.15) is 11.2 Å². The van der Waals surface area contributed by atoms with E-state index in [-0.39, 0.29) is 0 Å². The molecule has 5 heterocycles. The van der Waals surface area contributed by atoms with Gasteiger partial charge in [-0.15, -0.1) is 0 Å². The highest BCUT2D eigenvalue weighted by Gasteiger charge is 2.53. The van der Waals surface area contributed by atoms with Crippen LogP contribution in [0.5, 0.6) is 0 Å². The van der Waals surface area contributed by atoms with E-state index in [9.17, 15) is 0 Å². The first-order chi connectivity index (χ1) is 26.8. The molecule has 1 spiro atoms. The molecule has 0 N–H and O–H groups in total. The Morgan fingerprint density at radius 2 is 1.02 bits per heavy atom. The van der Waals surface area contributed by atoms with Gasteiger partial charge in [-0.2, -0.15) is 0 Å². The van der Waals surface area contributed by atoms with Crippen LogP contribution in [0.1, 0.15) is 22.3 Å². The van der Waals surface area contributed by atoms with E-state index in [0.29, 0.717) is 0 Å². The van der Waals surface area contributed by atoms with Gasteiger partial charge in [0.15, 0.2) is 16.9 Å². The van der Waals surface area contributed by atoms with Crippen molar-refractivity contribution in [3.63, 3.8) is 0 Å². The summed E-state index contributed by atoms with van der Waals surface area (Å²) < 4.78 is 10.8. The van der Waals surface area contributed by atoms with Crippen LogP contribution in [-0.2, 0) is 5.41 Å². The molecular formula is C48H27N5O. The molecule has 0 unspecified atom stereocenters. The number of imidazole rings is 1. The van der Waals surface area contributed by atoms with E-state index in [1.54, 1.807) is 12.4 Å². The van der Waals surface area contributed by atoms with Gasteiger partial charge in [0.25, 0.3) is 0 Å². The summed E-state index contributed by atoms with van der Waals surface area (Å²) in [6.07, 6.45) is 5.58. The third-order valence-corrected chi connectivity index (χ3v) is 11.9. The number of rotatable bonds is 2. The molecule has 2 aliphatic rings. The Morgan fingerprint density at radius 1 is 0.444 bits per heavy atom. The smallest absolute Gasteiger partial charge is 0.183 e. The van der Waals surface area contributed by atoms with Crippen LogP contribution in [0, 0.1) is 0 Å². The molecule has 5 aromatic heterocycles. The van der Waals surface area contributed by atoms with Crippen LogP contribution in [0.25, 0.3) is 89.2 Å². The minimum atomic E-state index is -0.481. The third-order valence-electron chi connectivity index (χ3n) is 11.9. The predicted molar refractivity (Wildman–Crippen MR) is 214 cm³/mol. The number of benzene rings is 6. The van der Waals surface area contributed by atoms with E-state index < -0.39 is 5.41 Å². The van der Waals surface area contributed by atoms with Gasteiger partial charge < -0.3 is 4.42 Å². The second kappa shape index (κ2) is 9.97. The predicted octanol–water partition coefficient (Wildman–Crippen LogP) is 11.1. The minimum absolute atomic E-state index is 0.481. The van der Waals surface area contributed by atoms with E-state index in [2.05, 4.69) is 136 Å². The van der Waals surface area contributed by atoms with Crippen LogP contribution in [0.4, 0.5) is 0 Å². The Hall–Kier alpha value is -7.31. The van der Waals surface area contributed by atoms with Crippen LogP contribution in [0.3, 0.4) is 0 Å². The number of hydrogen-bond acceptors (Lipinski definition) is 4. The molecule has 0 atom stereocenters. The minimum Gasteiger partial charge on any atom is -0.456 e. The maximum atomic E-state index is 6.32. The Balaban J connectivity index is 1.15. The van der Waals surface area contributed by atoms with Gasteiger partial charge in [-0.05, 0) is 62.7 Å². The molecule has 0 saturated heterocycles. The molecule has 0 amide bonds. The van der Waals surface area contributed by atoms with E-state index >= 15 is 0 Å². The second-order valence-electron chi connectivity index (χ2n) is 14.3. The van der Waals surface area contributed by atoms with Crippen molar-refractivity contribution in [2.75, 3.05) is 0 Å². The molecular weight excluding hydrogens is 663 g/mol. The number of nitrogens with zero attached hydrogens (tertiary/aromatic N) is 5. The topological polar surface area (TPSA) is 60.6 Å². The molecule has 11 aromatic rings. The third kappa shape index (κ3) is 3.26. The van der Waals surface area contributed by atoms with Crippen LogP contribution in [0.2, 0.25) is 0 Å². The molecule has 6 heteroatoms. The highest BCUT2D eigenvalue weighted by atomic mass is 16.3. The van der Waals surface area contributed by atoms with Crippen LogP contribution >= 0.6 is 0 Å². The molecule has 0 bridgehead atoms. The number of fused-ring (bicyclic) bond motifs is 20. The Morgan fingerprint density at radius 3 is 1.78 bits per heavy atom.